The molecule has 3 aromatic carbocycles. The number of hydrogen-bond acceptors (Lipinski definition) is 6. The zero-order valence-corrected chi connectivity index (χ0v) is 22.3. The van der Waals surface area contributed by atoms with Gasteiger partial charge in [-0.25, -0.2) is 0 Å². The maximum atomic E-state index is 12.8. The van der Waals surface area contributed by atoms with Gasteiger partial charge in [0.05, 0.1) is 20.2 Å². The first-order valence-corrected chi connectivity index (χ1v) is 12.5. The fourth-order valence-corrected chi connectivity index (χ4v) is 4.73. The number of methoxy groups -OCH3 is 1. The maximum Gasteiger partial charge on any atom is 0.176 e. The largest absolute Gasteiger partial charge is 0.493 e. The molecular formula is C30H34ClN3O3. The highest BCUT2D eigenvalue weighted by atomic mass is 35.5. The number of fused-ring (bicyclic) bond motifs is 1. The van der Waals surface area contributed by atoms with Crippen LogP contribution in [-0.2, 0) is 19.6 Å². The third-order valence-electron chi connectivity index (χ3n) is 6.99. The van der Waals surface area contributed by atoms with Crippen molar-refractivity contribution in [1.29, 1.82) is 0 Å². The van der Waals surface area contributed by atoms with Gasteiger partial charge in [-0.1, -0.05) is 54.6 Å². The number of Topliss-reactive ketones (excluding diaryl/α,β-unsaturated/α-hetero) is 1. The first-order chi connectivity index (χ1) is 17.6. The molecule has 37 heavy (non-hydrogen) atoms. The molecule has 5 rings (SSSR count). The van der Waals surface area contributed by atoms with E-state index in [0.29, 0.717) is 31.9 Å². The molecule has 0 radical (unpaired) electrons. The SMILES string of the molecule is COc1cc2c(cc1OCc1ccccc1)CN=C2Cc1ccc(C(=O)CN2CCN(C)CC2)cc1.Cl. The molecule has 3 aromatic rings. The van der Waals surface area contributed by atoms with Crippen LogP contribution in [0.1, 0.15) is 32.6 Å². The molecule has 194 valence electrons. The highest BCUT2D eigenvalue weighted by molar-refractivity contribution is 6.05. The van der Waals surface area contributed by atoms with E-state index >= 15 is 0 Å². The molecule has 0 saturated carbocycles. The van der Waals surface area contributed by atoms with Gasteiger partial charge in [0.25, 0.3) is 0 Å². The molecule has 0 aromatic heterocycles. The van der Waals surface area contributed by atoms with Crippen LogP contribution in [0, 0.1) is 0 Å². The van der Waals surface area contributed by atoms with E-state index in [1.165, 1.54) is 0 Å². The van der Waals surface area contributed by atoms with Crippen LogP contribution in [0.3, 0.4) is 0 Å². The Kier molecular flexibility index (Phi) is 8.98. The zero-order valence-electron chi connectivity index (χ0n) is 21.5. The molecule has 1 fully saturated rings. The second-order valence-corrected chi connectivity index (χ2v) is 9.57. The van der Waals surface area contributed by atoms with E-state index in [2.05, 4.69) is 16.8 Å². The number of aliphatic imine (C=N–C) groups is 1. The number of benzene rings is 3. The van der Waals surface area contributed by atoms with Crippen LogP contribution in [0.15, 0.2) is 71.7 Å². The van der Waals surface area contributed by atoms with Crippen LogP contribution in [0.25, 0.3) is 0 Å². The summed E-state index contributed by atoms with van der Waals surface area (Å²) in [5.41, 5.74) is 6.31. The second kappa shape index (κ2) is 12.4. The van der Waals surface area contributed by atoms with E-state index in [1.54, 1.807) is 7.11 Å². The van der Waals surface area contributed by atoms with E-state index in [0.717, 1.165) is 65.5 Å². The normalized spacial score (nSPS) is 15.5. The van der Waals surface area contributed by atoms with Crippen molar-refractivity contribution in [2.24, 2.45) is 4.99 Å². The summed E-state index contributed by atoms with van der Waals surface area (Å²) in [4.78, 5) is 22.1. The van der Waals surface area contributed by atoms with Crippen molar-refractivity contribution in [3.05, 3.63) is 94.5 Å². The Hall–Kier alpha value is -3.19. The smallest absolute Gasteiger partial charge is 0.176 e. The lowest BCUT2D eigenvalue weighted by atomic mass is 9.98. The van der Waals surface area contributed by atoms with Gasteiger partial charge in [0.1, 0.15) is 6.61 Å². The first kappa shape index (κ1) is 26.9. The summed E-state index contributed by atoms with van der Waals surface area (Å²) in [7, 11) is 3.79. The number of likely N-dealkylation sites (N-methyl/N-ethyl adjacent to an activating group) is 1. The summed E-state index contributed by atoms with van der Waals surface area (Å²) in [6.07, 6.45) is 0.716. The lowest BCUT2D eigenvalue weighted by Crippen LogP contribution is -2.46. The Balaban J connectivity index is 0.00000320. The number of carbonyl (C=O) groups excluding carboxylic acids is 1. The van der Waals surface area contributed by atoms with Gasteiger partial charge in [0.15, 0.2) is 17.3 Å². The molecule has 0 unspecified atom stereocenters. The molecule has 7 heteroatoms. The fourth-order valence-electron chi connectivity index (χ4n) is 4.73. The lowest BCUT2D eigenvalue weighted by Gasteiger charge is -2.31. The topological polar surface area (TPSA) is 54.4 Å². The Labute approximate surface area is 225 Å². The van der Waals surface area contributed by atoms with E-state index < -0.39 is 0 Å². The van der Waals surface area contributed by atoms with Crippen LogP contribution in [0.5, 0.6) is 11.5 Å². The highest BCUT2D eigenvalue weighted by Crippen LogP contribution is 2.35. The van der Waals surface area contributed by atoms with Crippen molar-refractivity contribution in [3.8, 4) is 11.5 Å². The summed E-state index contributed by atoms with van der Waals surface area (Å²) in [6, 6.07) is 22.2. The molecule has 0 atom stereocenters. The number of carbonyl (C=O) groups is 1. The molecule has 2 heterocycles. The Morgan fingerprint density at radius 2 is 1.65 bits per heavy atom. The van der Waals surface area contributed by atoms with Gasteiger partial charge in [-0.05, 0) is 35.9 Å². The van der Waals surface area contributed by atoms with Crippen LogP contribution in [-0.4, -0.2) is 68.2 Å². The van der Waals surface area contributed by atoms with Crippen LogP contribution >= 0.6 is 12.4 Å². The molecule has 2 aliphatic heterocycles. The summed E-state index contributed by atoms with van der Waals surface area (Å²) >= 11 is 0. The number of ketones is 1. The number of piperazine rings is 1. The Bertz CT molecular complexity index is 1240. The second-order valence-electron chi connectivity index (χ2n) is 9.57. The number of nitrogens with zero attached hydrogens (tertiary/aromatic N) is 3. The molecule has 0 N–H and O–H groups in total. The maximum absolute atomic E-state index is 12.8. The van der Waals surface area contributed by atoms with Gasteiger partial charge in [-0.2, -0.15) is 0 Å². The summed E-state index contributed by atoms with van der Waals surface area (Å²) in [6.45, 7) is 5.54. The predicted octanol–water partition coefficient (Wildman–Crippen LogP) is 4.67. The van der Waals surface area contributed by atoms with Crippen molar-refractivity contribution >= 4 is 23.9 Å². The molecule has 0 bridgehead atoms. The minimum atomic E-state index is 0. The van der Waals surface area contributed by atoms with Crippen LogP contribution in [0.2, 0.25) is 0 Å². The third-order valence-corrected chi connectivity index (χ3v) is 6.99. The number of rotatable bonds is 9. The molecule has 0 amide bonds. The predicted molar refractivity (Wildman–Crippen MR) is 150 cm³/mol. The van der Waals surface area contributed by atoms with Gasteiger partial charge in [-0.3, -0.25) is 14.7 Å². The van der Waals surface area contributed by atoms with E-state index in [9.17, 15) is 4.79 Å². The summed E-state index contributed by atoms with van der Waals surface area (Å²) < 4.78 is 11.7. The molecule has 6 nitrogen and oxygen atoms in total. The number of hydrogen-bond donors (Lipinski definition) is 0. The van der Waals surface area contributed by atoms with Crippen molar-refractivity contribution < 1.29 is 14.3 Å². The highest BCUT2D eigenvalue weighted by Gasteiger charge is 2.21. The third kappa shape index (κ3) is 6.58. The van der Waals surface area contributed by atoms with Crippen molar-refractivity contribution in [1.82, 2.24) is 9.80 Å². The number of halogens is 1. The van der Waals surface area contributed by atoms with Gasteiger partial charge in [0.2, 0.25) is 0 Å². The fraction of sp³-hybridized carbons (Fsp3) is 0.333. The zero-order chi connectivity index (χ0) is 24.9. The van der Waals surface area contributed by atoms with E-state index in [1.807, 2.05) is 66.7 Å². The molecule has 2 aliphatic rings. The first-order valence-electron chi connectivity index (χ1n) is 12.5. The van der Waals surface area contributed by atoms with Gasteiger partial charge in [-0.15, -0.1) is 12.4 Å². The van der Waals surface area contributed by atoms with Crippen LogP contribution < -0.4 is 9.47 Å². The van der Waals surface area contributed by atoms with Crippen LogP contribution in [0.4, 0.5) is 0 Å². The minimum Gasteiger partial charge on any atom is -0.493 e. The lowest BCUT2D eigenvalue weighted by molar-refractivity contribution is 0.0876. The quantitative estimate of drug-likeness (QED) is 0.384. The monoisotopic (exact) mass is 519 g/mol. The van der Waals surface area contributed by atoms with Gasteiger partial charge < -0.3 is 14.4 Å². The average Bonchev–Trinajstić information content (AvgIpc) is 3.30. The van der Waals surface area contributed by atoms with Crippen molar-refractivity contribution in [3.63, 3.8) is 0 Å². The average molecular weight is 520 g/mol. The molecule has 0 spiro atoms. The number of ether oxygens (including phenoxy) is 2. The summed E-state index contributed by atoms with van der Waals surface area (Å²) in [5.74, 6) is 1.63. The van der Waals surface area contributed by atoms with Gasteiger partial charge in [0, 0.05) is 49.4 Å². The van der Waals surface area contributed by atoms with E-state index in [-0.39, 0.29) is 18.2 Å². The van der Waals surface area contributed by atoms with Gasteiger partial charge >= 0.3 is 0 Å². The van der Waals surface area contributed by atoms with E-state index in [4.69, 9.17) is 14.5 Å². The Morgan fingerprint density at radius 3 is 2.35 bits per heavy atom. The summed E-state index contributed by atoms with van der Waals surface area (Å²) in [5, 5.41) is 0. The molecule has 1 saturated heterocycles. The van der Waals surface area contributed by atoms with Crippen molar-refractivity contribution in [2.75, 3.05) is 46.9 Å². The minimum absolute atomic E-state index is 0. The Morgan fingerprint density at radius 1 is 0.919 bits per heavy atom. The van der Waals surface area contributed by atoms with Crippen molar-refractivity contribution in [2.45, 2.75) is 19.6 Å². The molecule has 0 aliphatic carbocycles. The standard InChI is InChI=1S/C30H33N3O3.ClH/c1-32-12-14-33(15-13-32)20-28(34)24-10-8-22(9-11-24)16-27-26-18-29(35-2)30(17-25(26)19-31-27)36-21-23-6-4-3-5-7-23;/h3-11,17-18H,12-16,19-21H2,1-2H3;1H. The molecular weight excluding hydrogens is 486 g/mol.